The van der Waals surface area contributed by atoms with Crippen molar-refractivity contribution in [2.24, 2.45) is 0 Å². The number of likely N-dealkylation sites (tertiary alicyclic amines) is 1. The molecule has 3 aromatic rings. The summed E-state index contributed by atoms with van der Waals surface area (Å²) in [6.07, 6.45) is 3.58. The van der Waals surface area contributed by atoms with Crippen LogP contribution in [0.3, 0.4) is 0 Å². The van der Waals surface area contributed by atoms with Crippen molar-refractivity contribution in [3.8, 4) is 11.4 Å². The largest absolute Gasteiger partial charge is 0.332 e. The highest BCUT2D eigenvalue weighted by atomic mass is 19.1. The van der Waals surface area contributed by atoms with Gasteiger partial charge >= 0.3 is 0 Å². The maximum absolute atomic E-state index is 13.0. The van der Waals surface area contributed by atoms with E-state index in [0.717, 1.165) is 18.5 Å². The van der Waals surface area contributed by atoms with Crippen LogP contribution < -0.4 is 0 Å². The second-order valence-electron chi connectivity index (χ2n) is 6.15. The first-order chi connectivity index (χ1) is 12.7. The molecule has 1 amide bonds. The molecule has 0 spiro atoms. The number of tetrazole rings is 1. The zero-order valence-electron chi connectivity index (χ0n) is 14.0. The zero-order chi connectivity index (χ0) is 17.9. The number of pyridine rings is 1. The first-order valence-electron chi connectivity index (χ1n) is 8.45. The average Bonchev–Trinajstić information content (AvgIpc) is 3.32. The third kappa shape index (κ3) is 3.30. The maximum atomic E-state index is 13.0. The molecule has 8 heteroatoms. The number of benzene rings is 1. The molecule has 4 rings (SSSR count). The highest BCUT2D eigenvalue weighted by Gasteiger charge is 2.31. The molecule has 0 saturated carbocycles. The molecule has 1 unspecified atom stereocenters. The van der Waals surface area contributed by atoms with E-state index >= 15 is 0 Å². The summed E-state index contributed by atoms with van der Waals surface area (Å²) in [5, 5.41) is 12.1. The third-order valence-corrected chi connectivity index (χ3v) is 4.43. The molecule has 7 nitrogen and oxygen atoms in total. The zero-order valence-corrected chi connectivity index (χ0v) is 14.0. The third-order valence-electron chi connectivity index (χ3n) is 4.43. The Bertz CT molecular complexity index is 896. The van der Waals surface area contributed by atoms with Crippen molar-refractivity contribution in [3.05, 3.63) is 60.2 Å². The molecular formula is C18H17FN6O. The number of carbonyl (C=O) groups is 1. The van der Waals surface area contributed by atoms with Crippen LogP contribution in [-0.2, 0) is 11.3 Å². The topological polar surface area (TPSA) is 76.8 Å². The molecule has 0 radical (unpaired) electrons. The lowest BCUT2D eigenvalue weighted by Gasteiger charge is -2.23. The highest BCUT2D eigenvalue weighted by Crippen LogP contribution is 2.30. The van der Waals surface area contributed by atoms with E-state index in [0.29, 0.717) is 17.9 Å². The van der Waals surface area contributed by atoms with Crippen molar-refractivity contribution in [1.82, 2.24) is 30.1 Å². The Morgan fingerprint density at radius 1 is 1.19 bits per heavy atom. The number of carbonyl (C=O) groups excluding carboxylic acids is 1. The first-order valence-corrected chi connectivity index (χ1v) is 8.45. The monoisotopic (exact) mass is 352 g/mol. The normalized spacial score (nSPS) is 16.8. The van der Waals surface area contributed by atoms with Crippen molar-refractivity contribution >= 4 is 5.91 Å². The van der Waals surface area contributed by atoms with E-state index in [4.69, 9.17) is 0 Å². The van der Waals surface area contributed by atoms with Gasteiger partial charge in [0.25, 0.3) is 0 Å². The molecule has 26 heavy (non-hydrogen) atoms. The van der Waals surface area contributed by atoms with E-state index < -0.39 is 0 Å². The van der Waals surface area contributed by atoms with Gasteiger partial charge in [0, 0.05) is 18.3 Å². The van der Waals surface area contributed by atoms with Crippen molar-refractivity contribution in [3.63, 3.8) is 0 Å². The van der Waals surface area contributed by atoms with Gasteiger partial charge in [-0.05, 0) is 54.5 Å². The summed E-state index contributed by atoms with van der Waals surface area (Å²) < 4.78 is 13.0. The number of nitrogens with zero attached hydrogens (tertiary/aromatic N) is 6. The van der Waals surface area contributed by atoms with Gasteiger partial charge in [0.15, 0.2) is 0 Å². The molecule has 1 aliphatic heterocycles. The maximum Gasteiger partial charge on any atom is 0.246 e. The Morgan fingerprint density at radius 3 is 2.81 bits per heavy atom. The lowest BCUT2D eigenvalue weighted by atomic mass is 10.1. The van der Waals surface area contributed by atoms with Crippen LogP contribution in [0.5, 0.6) is 0 Å². The average molecular weight is 352 g/mol. The van der Waals surface area contributed by atoms with E-state index in [1.807, 2.05) is 23.1 Å². The van der Waals surface area contributed by atoms with Crippen LogP contribution in [0.1, 0.15) is 24.6 Å². The van der Waals surface area contributed by atoms with E-state index in [9.17, 15) is 9.18 Å². The van der Waals surface area contributed by atoms with Gasteiger partial charge in [-0.3, -0.25) is 9.78 Å². The molecular weight excluding hydrogens is 335 g/mol. The minimum absolute atomic E-state index is 0.0104. The number of aromatic nitrogens is 5. The van der Waals surface area contributed by atoms with Crippen LogP contribution in [0.15, 0.2) is 48.7 Å². The van der Waals surface area contributed by atoms with E-state index in [1.165, 1.54) is 16.9 Å². The Balaban J connectivity index is 1.47. The molecule has 3 heterocycles. The smallest absolute Gasteiger partial charge is 0.246 e. The highest BCUT2D eigenvalue weighted by molar-refractivity contribution is 5.76. The fourth-order valence-corrected chi connectivity index (χ4v) is 3.18. The predicted molar refractivity (Wildman–Crippen MR) is 91.1 cm³/mol. The molecule has 0 bridgehead atoms. The van der Waals surface area contributed by atoms with Crippen LogP contribution in [0.4, 0.5) is 4.39 Å². The molecule has 1 aromatic carbocycles. The lowest BCUT2D eigenvalue weighted by molar-refractivity contribution is -0.133. The fraction of sp³-hybridized carbons (Fsp3) is 0.278. The molecule has 0 N–H and O–H groups in total. The molecule has 2 aromatic heterocycles. The van der Waals surface area contributed by atoms with Gasteiger partial charge in [0.05, 0.1) is 11.7 Å². The summed E-state index contributed by atoms with van der Waals surface area (Å²) in [5.41, 5.74) is 1.55. The minimum Gasteiger partial charge on any atom is -0.332 e. The second kappa shape index (κ2) is 6.99. The summed E-state index contributed by atoms with van der Waals surface area (Å²) in [5.74, 6) is -0.0346. The van der Waals surface area contributed by atoms with Gasteiger partial charge in [-0.1, -0.05) is 6.07 Å². The van der Waals surface area contributed by atoms with Gasteiger partial charge in [-0.15, -0.1) is 10.2 Å². The molecule has 1 aliphatic rings. The van der Waals surface area contributed by atoms with Crippen molar-refractivity contribution in [1.29, 1.82) is 0 Å². The Hall–Kier alpha value is -3.16. The van der Waals surface area contributed by atoms with Crippen LogP contribution in [0.2, 0.25) is 0 Å². The van der Waals surface area contributed by atoms with Gasteiger partial charge in [-0.25, -0.2) is 4.39 Å². The van der Waals surface area contributed by atoms with Gasteiger partial charge < -0.3 is 4.90 Å². The molecule has 132 valence electrons. The van der Waals surface area contributed by atoms with Crippen molar-refractivity contribution < 1.29 is 9.18 Å². The Labute approximate surface area is 149 Å². The van der Waals surface area contributed by atoms with Crippen molar-refractivity contribution in [2.75, 3.05) is 6.54 Å². The van der Waals surface area contributed by atoms with Crippen molar-refractivity contribution in [2.45, 2.75) is 25.4 Å². The van der Waals surface area contributed by atoms with Crippen LogP contribution in [-0.4, -0.2) is 42.5 Å². The summed E-state index contributed by atoms with van der Waals surface area (Å²) >= 11 is 0. The first kappa shape index (κ1) is 16.3. The summed E-state index contributed by atoms with van der Waals surface area (Å²) in [4.78, 5) is 20.2. The molecule has 1 fully saturated rings. The number of hydrogen-bond donors (Lipinski definition) is 0. The summed E-state index contributed by atoms with van der Waals surface area (Å²) in [7, 11) is 0. The number of hydrogen-bond acceptors (Lipinski definition) is 5. The van der Waals surface area contributed by atoms with E-state index in [2.05, 4.69) is 20.4 Å². The van der Waals surface area contributed by atoms with Crippen LogP contribution >= 0.6 is 0 Å². The van der Waals surface area contributed by atoms with Gasteiger partial charge in [0.2, 0.25) is 11.7 Å². The number of amides is 1. The predicted octanol–water partition coefficient (Wildman–Crippen LogP) is 2.24. The lowest BCUT2D eigenvalue weighted by Crippen LogP contribution is -2.34. The quantitative estimate of drug-likeness (QED) is 0.720. The summed E-state index contributed by atoms with van der Waals surface area (Å²) in [6, 6.07) is 11.6. The van der Waals surface area contributed by atoms with Gasteiger partial charge in [0.1, 0.15) is 12.4 Å². The molecule has 1 saturated heterocycles. The van der Waals surface area contributed by atoms with E-state index in [1.54, 1.807) is 18.3 Å². The minimum atomic E-state index is -0.328. The molecule has 0 aliphatic carbocycles. The number of halogens is 1. The summed E-state index contributed by atoms with van der Waals surface area (Å²) in [6.45, 7) is 0.705. The van der Waals surface area contributed by atoms with E-state index in [-0.39, 0.29) is 24.3 Å². The SMILES string of the molecule is O=C(Cn1nnc(-c2ccc(F)cc2)n1)N1CCCC1c1ccccn1. The fourth-order valence-electron chi connectivity index (χ4n) is 3.18. The Morgan fingerprint density at radius 2 is 2.04 bits per heavy atom. The standard InChI is InChI=1S/C18H17FN6O/c19-14-8-6-13(7-9-14)18-21-23-25(22-18)12-17(26)24-11-3-5-16(24)15-4-1-2-10-20-15/h1-2,4,6-10,16H,3,5,11-12H2. The van der Waals surface area contributed by atoms with Gasteiger partial charge in [-0.2, -0.15) is 4.80 Å². The Kier molecular flexibility index (Phi) is 4.39. The molecule has 1 atom stereocenters. The van der Waals surface area contributed by atoms with Crippen LogP contribution in [0.25, 0.3) is 11.4 Å². The second-order valence-corrected chi connectivity index (χ2v) is 6.15. The van der Waals surface area contributed by atoms with Crippen LogP contribution in [0, 0.1) is 5.82 Å². The number of rotatable bonds is 4.